The minimum absolute atomic E-state index is 0.0681. The van der Waals surface area contributed by atoms with Gasteiger partial charge in [-0.05, 0) is 81.9 Å². The molecule has 2 aliphatic carbocycles. The van der Waals surface area contributed by atoms with Crippen molar-refractivity contribution in [2.75, 3.05) is 6.61 Å². The molecule has 5 atom stereocenters. The number of aliphatic hydroxyl groups is 3. The van der Waals surface area contributed by atoms with Gasteiger partial charge < -0.3 is 24.8 Å². The smallest absolute Gasteiger partial charge is 0.306 e. The first kappa shape index (κ1) is 44.1. The summed E-state index contributed by atoms with van der Waals surface area (Å²) in [4.78, 5) is 25.5. The van der Waals surface area contributed by atoms with Crippen LogP contribution >= 0.6 is 0 Å². The number of ether oxygens (including phenoxy) is 2. The van der Waals surface area contributed by atoms with Crippen molar-refractivity contribution in [1.29, 1.82) is 0 Å². The van der Waals surface area contributed by atoms with E-state index in [2.05, 4.69) is 26.5 Å². The topological polar surface area (TPSA) is 117 Å². The van der Waals surface area contributed by atoms with Gasteiger partial charge in [0.15, 0.2) is 5.78 Å². The van der Waals surface area contributed by atoms with Crippen LogP contribution in [0.5, 0.6) is 0 Å². The third kappa shape index (κ3) is 12.1. The van der Waals surface area contributed by atoms with Gasteiger partial charge >= 0.3 is 5.97 Å². The predicted octanol–water partition coefficient (Wildman–Crippen LogP) is 9.23. The zero-order chi connectivity index (χ0) is 39.7. The van der Waals surface area contributed by atoms with Crippen molar-refractivity contribution in [3.05, 3.63) is 100 Å². The first-order valence-corrected chi connectivity index (χ1v) is 19.4. The lowest BCUT2D eigenvalue weighted by Crippen LogP contribution is -2.48. The number of unbranched alkanes of at least 4 members (excludes halogenated alkanes) is 2. The summed E-state index contributed by atoms with van der Waals surface area (Å²) in [5.41, 5.74) is 4.63. The fourth-order valence-electron chi connectivity index (χ4n) is 8.27. The van der Waals surface area contributed by atoms with Gasteiger partial charge in [-0.25, -0.2) is 0 Å². The number of Topliss-reactive ketones (excluding diaryl/α,β-unsaturated/α-hetero) is 1. The molecule has 1 heterocycles. The van der Waals surface area contributed by atoms with E-state index in [0.29, 0.717) is 37.7 Å². The Morgan fingerprint density at radius 1 is 0.830 bits per heavy atom. The number of esters is 1. The Morgan fingerprint density at radius 3 is 2.02 bits per heavy atom. The third-order valence-corrected chi connectivity index (χ3v) is 11.1. The summed E-state index contributed by atoms with van der Waals surface area (Å²) >= 11 is 0. The number of hydrogen-bond acceptors (Lipinski definition) is 7. The summed E-state index contributed by atoms with van der Waals surface area (Å²) in [6.07, 6.45) is 25.7. The summed E-state index contributed by atoms with van der Waals surface area (Å²) in [7, 11) is 0. The molecule has 0 unspecified atom stereocenters. The number of fused-ring (bicyclic) bond motifs is 1. The molecule has 292 valence electrons. The van der Waals surface area contributed by atoms with Crippen molar-refractivity contribution in [2.45, 2.75) is 156 Å². The van der Waals surface area contributed by atoms with E-state index in [9.17, 15) is 24.9 Å². The molecule has 0 radical (unpaired) electrons. The van der Waals surface area contributed by atoms with Crippen molar-refractivity contribution in [3.8, 4) is 0 Å². The molecule has 3 N–H and O–H groups in total. The Kier molecular flexibility index (Phi) is 15.3. The standard InChI is InChI=1S/C46H66O7/c1-11-12-13-24-41(50)52-32-36(25-26-40-42(5,6)27-37(47)29-44(40,9)51)23-17-21-34(3)19-15-14-18-33(2)20-16-22-35(4)39(49)31-46-43(7,8)28-38(48)30-45(46,10)53-46/h14-23,25,37-38,47-48,51H,11-13,24,27-32H2,1-10H3/b15-14+,20-16+,21-17-,33-18+,34-19+,35-22+,36-23-/t26?,37-,38+,44-,45-,46+/m1/s1. The molecule has 0 aromatic carbocycles. The first-order valence-electron chi connectivity index (χ1n) is 19.4. The van der Waals surface area contributed by atoms with Crippen LogP contribution in [0.2, 0.25) is 0 Å². The van der Waals surface area contributed by atoms with Crippen LogP contribution in [0.25, 0.3) is 0 Å². The lowest BCUT2D eigenvalue weighted by Gasteiger charge is -2.43. The highest BCUT2D eigenvalue weighted by molar-refractivity contribution is 5.96. The average Bonchev–Trinajstić information content (AvgIpc) is 3.64. The summed E-state index contributed by atoms with van der Waals surface area (Å²) in [5, 5.41) is 31.7. The van der Waals surface area contributed by atoms with E-state index in [1.54, 1.807) is 13.0 Å². The van der Waals surface area contributed by atoms with Crippen LogP contribution in [0.3, 0.4) is 0 Å². The van der Waals surface area contributed by atoms with Gasteiger partial charge in [0.05, 0.1) is 23.4 Å². The van der Waals surface area contributed by atoms with E-state index < -0.39 is 34.4 Å². The second kappa shape index (κ2) is 18.3. The van der Waals surface area contributed by atoms with E-state index in [0.717, 1.165) is 41.6 Å². The Hall–Kier alpha value is -3.32. The average molecular weight is 731 g/mol. The maximum atomic E-state index is 13.1. The van der Waals surface area contributed by atoms with Gasteiger partial charge in [0, 0.05) is 31.3 Å². The van der Waals surface area contributed by atoms with E-state index in [4.69, 9.17) is 9.47 Å². The summed E-state index contributed by atoms with van der Waals surface area (Å²) in [6, 6.07) is 0. The predicted molar refractivity (Wildman–Crippen MR) is 214 cm³/mol. The highest BCUT2D eigenvalue weighted by Gasteiger charge is 2.76. The lowest BCUT2D eigenvalue weighted by atomic mass is 9.61. The molecule has 53 heavy (non-hydrogen) atoms. The van der Waals surface area contributed by atoms with Crippen molar-refractivity contribution < 1.29 is 34.4 Å². The minimum Gasteiger partial charge on any atom is -0.461 e. The minimum atomic E-state index is -1.19. The number of allylic oxidation sites excluding steroid dienone is 13. The maximum Gasteiger partial charge on any atom is 0.306 e. The molecule has 0 spiro atoms. The second-order valence-electron chi connectivity index (χ2n) is 17.2. The molecule has 0 bridgehead atoms. The van der Waals surface area contributed by atoms with Gasteiger partial charge in [0.2, 0.25) is 0 Å². The largest absolute Gasteiger partial charge is 0.461 e. The number of epoxide rings is 1. The van der Waals surface area contributed by atoms with E-state index in [-0.39, 0.29) is 30.2 Å². The highest BCUT2D eigenvalue weighted by Crippen LogP contribution is 2.67. The number of hydrogen-bond donors (Lipinski definition) is 3. The van der Waals surface area contributed by atoms with Crippen molar-refractivity contribution in [1.82, 2.24) is 0 Å². The number of rotatable bonds is 16. The molecule has 1 aliphatic heterocycles. The highest BCUT2D eigenvalue weighted by atomic mass is 16.6. The van der Waals surface area contributed by atoms with Crippen LogP contribution in [0.1, 0.15) is 127 Å². The van der Waals surface area contributed by atoms with Crippen LogP contribution in [0.15, 0.2) is 100 Å². The van der Waals surface area contributed by atoms with Crippen LogP contribution < -0.4 is 0 Å². The monoisotopic (exact) mass is 730 g/mol. The van der Waals surface area contributed by atoms with E-state index >= 15 is 0 Å². The summed E-state index contributed by atoms with van der Waals surface area (Å²) < 4.78 is 11.8. The van der Waals surface area contributed by atoms with Gasteiger partial charge in [0.1, 0.15) is 12.2 Å². The maximum absolute atomic E-state index is 13.1. The Labute approximate surface area is 319 Å². The van der Waals surface area contributed by atoms with Gasteiger partial charge in [-0.3, -0.25) is 9.59 Å². The number of aliphatic hydroxyl groups excluding tert-OH is 2. The van der Waals surface area contributed by atoms with Crippen molar-refractivity contribution in [2.24, 2.45) is 10.8 Å². The molecule has 2 saturated carbocycles. The van der Waals surface area contributed by atoms with Crippen molar-refractivity contribution in [3.63, 3.8) is 0 Å². The molecule has 0 aromatic rings. The fourth-order valence-corrected chi connectivity index (χ4v) is 8.27. The first-order chi connectivity index (χ1) is 24.7. The Bertz CT molecular complexity index is 1600. The SMILES string of the molecule is CCCCCC(=O)OC\C(C=C=C1C(C)(C)C[C@@H](O)C[C@@]1(C)O)=C/C=C\C(C)=C\C=C\C=C(C)\C=C\C=C(/C)C(=O)C[C@@]12O[C@]1(C)C[C@@H](O)CC2(C)C. The van der Waals surface area contributed by atoms with Gasteiger partial charge in [-0.2, -0.15) is 0 Å². The molecule has 3 fully saturated rings. The molecular weight excluding hydrogens is 664 g/mol. The normalized spacial score (nSPS) is 30.5. The molecule has 1 saturated heterocycles. The van der Waals surface area contributed by atoms with Crippen molar-refractivity contribution >= 4 is 11.8 Å². The van der Waals surface area contributed by atoms with Crippen LogP contribution in [-0.4, -0.2) is 62.7 Å². The molecule has 7 nitrogen and oxygen atoms in total. The number of ketones is 1. The summed E-state index contributed by atoms with van der Waals surface area (Å²) in [6.45, 7) is 19.9. The molecule has 3 rings (SSSR count). The number of carbonyl (C=O) groups excluding carboxylic acids is 2. The fraction of sp³-hybridized carbons (Fsp3) is 0.587. The molecule has 0 aromatic heterocycles. The molecule has 0 amide bonds. The lowest BCUT2D eigenvalue weighted by molar-refractivity contribution is -0.142. The quantitative estimate of drug-likeness (QED) is 0.0362. The molecule has 3 aliphatic rings. The van der Waals surface area contributed by atoms with Crippen LogP contribution in [0.4, 0.5) is 0 Å². The second-order valence-corrected chi connectivity index (χ2v) is 17.2. The van der Waals surface area contributed by atoms with E-state index in [1.165, 1.54) is 0 Å². The molecular formula is C46H66O7. The zero-order valence-electron chi connectivity index (χ0n) is 34.1. The number of carbonyl (C=O) groups is 2. The third-order valence-electron chi connectivity index (χ3n) is 11.1. The summed E-state index contributed by atoms with van der Waals surface area (Å²) in [5.74, 6) is -0.165. The van der Waals surface area contributed by atoms with Crippen LogP contribution in [0, 0.1) is 10.8 Å². The zero-order valence-corrected chi connectivity index (χ0v) is 34.1. The van der Waals surface area contributed by atoms with Crippen LogP contribution in [-0.2, 0) is 19.1 Å². The van der Waals surface area contributed by atoms with Gasteiger partial charge in [0.25, 0.3) is 0 Å². The molecule has 7 heteroatoms. The van der Waals surface area contributed by atoms with E-state index in [1.807, 2.05) is 102 Å². The Balaban J connectivity index is 1.64. The van der Waals surface area contributed by atoms with Gasteiger partial charge in [-0.1, -0.05) is 119 Å². The Morgan fingerprint density at radius 2 is 1.43 bits per heavy atom. The van der Waals surface area contributed by atoms with Gasteiger partial charge in [-0.15, -0.1) is 5.73 Å².